The van der Waals surface area contributed by atoms with Crippen LogP contribution in [0.1, 0.15) is 32.1 Å². The molecule has 3 aromatic heterocycles. The highest BCUT2D eigenvalue weighted by Gasteiger charge is 2.10. The Morgan fingerprint density at radius 2 is 2.04 bits per heavy atom. The number of benzene rings is 1. The number of fused-ring (bicyclic) bond motifs is 2. The Bertz CT molecular complexity index is 1040. The predicted molar refractivity (Wildman–Crippen MR) is 101 cm³/mol. The molecule has 1 aromatic carbocycles. The highest BCUT2D eigenvalue weighted by atomic mass is 16.3. The molecule has 0 spiro atoms. The van der Waals surface area contributed by atoms with Gasteiger partial charge in [-0.05, 0) is 32.0 Å². The first-order valence-corrected chi connectivity index (χ1v) is 8.71. The number of amides is 1. The van der Waals surface area contributed by atoms with Crippen molar-refractivity contribution in [3.63, 3.8) is 0 Å². The molecule has 0 aliphatic rings. The Morgan fingerprint density at radius 3 is 2.85 bits per heavy atom. The van der Waals surface area contributed by atoms with Crippen LogP contribution in [0.5, 0.6) is 0 Å². The van der Waals surface area contributed by atoms with Crippen molar-refractivity contribution in [2.75, 3.05) is 5.32 Å². The van der Waals surface area contributed by atoms with Gasteiger partial charge in [-0.15, -0.1) is 0 Å². The highest BCUT2D eigenvalue weighted by Crippen LogP contribution is 2.21. The van der Waals surface area contributed by atoms with Crippen LogP contribution in [0.3, 0.4) is 0 Å². The number of aromatic nitrogens is 3. The zero-order valence-electron chi connectivity index (χ0n) is 14.8. The minimum Gasteiger partial charge on any atom is -0.461 e. The minimum atomic E-state index is -0.0668. The number of nitrogens with one attached hydrogen (secondary N) is 1. The van der Waals surface area contributed by atoms with E-state index in [0.717, 1.165) is 27.8 Å². The molecule has 3 heterocycles. The molecule has 132 valence electrons. The predicted octanol–water partition coefficient (Wildman–Crippen LogP) is 4.33. The van der Waals surface area contributed by atoms with Crippen LogP contribution in [0.4, 0.5) is 5.69 Å². The molecule has 0 bridgehead atoms. The number of furan rings is 1. The molecule has 1 amide bonds. The van der Waals surface area contributed by atoms with Gasteiger partial charge in [-0.2, -0.15) is 5.10 Å². The first-order valence-electron chi connectivity index (χ1n) is 8.71. The number of pyridine rings is 1. The van der Waals surface area contributed by atoms with Crippen LogP contribution in [0.2, 0.25) is 0 Å². The van der Waals surface area contributed by atoms with E-state index in [0.29, 0.717) is 18.5 Å². The molecule has 0 unspecified atom stereocenters. The smallest absolute Gasteiger partial charge is 0.224 e. The van der Waals surface area contributed by atoms with E-state index in [4.69, 9.17) is 4.42 Å². The zero-order chi connectivity index (χ0) is 18.1. The summed E-state index contributed by atoms with van der Waals surface area (Å²) in [7, 11) is 0. The van der Waals surface area contributed by atoms with Gasteiger partial charge in [-0.3, -0.25) is 4.79 Å². The molecule has 4 aromatic rings. The molecule has 0 saturated heterocycles. The molecule has 4 rings (SSSR count). The van der Waals surface area contributed by atoms with Gasteiger partial charge in [-0.25, -0.2) is 9.67 Å². The summed E-state index contributed by atoms with van der Waals surface area (Å²) in [5.41, 5.74) is 2.34. The molecular formula is C20H20N4O2. The van der Waals surface area contributed by atoms with Crippen molar-refractivity contribution < 1.29 is 9.21 Å². The lowest BCUT2D eigenvalue weighted by Gasteiger charge is -2.07. The molecule has 0 saturated carbocycles. The quantitative estimate of drug-likeness (QED) is 0.582. The first kappa shape index (κ1) is 16.3. The molecule has 0 aliphatic carbocycles. The van der Waals surface area contributed by atoms with E-state index in [1.807, 2.05) is 41.1 Å². The lowest BCUT2D eigenvalue weighted by atomic mass is 10.2. The Hall–Kier alpha value is -3.15. The fourth-order valence-corrected chi connectivity index (χ4v) is 3.01. The summed E-state index contributed by atoms with van der Waals surface area (Å²) >= 11 is 0. The molecule has 0 atom stereocenters. The van der Waals surface area contributed by atoms with Crippen LogP contribution < -0.4 is 5.32 Å². The summed E-state index contributed by atoms with van der Waals surface area (Å²) in [6.07, 6.45) is 4.35. The van der Waals surface area contributed by atoms with Crippen molar-refractivity contribution in [1.29, 1.82) is 0 Å². The van der Waals surface area contributed by atoms with Crippen molar-refractivity contribution in [2.24, 2.45) is 0 Å². The van der Waals surface area contributed by atoms with E-state index in [2.05, 4.69) is 29.2 Å². The maximum atomic E-state index is 12.2. The Morgan fingerprint density at radius 1 is 1.19 bits per heavy atom. The van der Waals surface area contributed by atoms with Crippen molar-refractivity contribution in [1.82, 2.24) is 14.8 Å². The molecule has 0 aliphatic heterocycles. The summed E-state index contributed by atoms with van der Waals surface area (Å²) in [5.74, 6) is 0.746. The second kappa shape index (κ2) is 6.63. The van der Waals surface area contributed by atoms with Crippen LogP contribution in [0, 0.1) is 0 Å². The number of anilines is 1. The summed E-state index contributed by atoms with van der Waals surface area (Å²) in [5, 5.41) is 9.20. The molecule has 1 N–H and O–H groups in total. The average molecular weight is 348 g/mol. The van der Waals surface area contributed by atoms with Gasteiger partial charge >= 0.3 is 0 Å². The van der Waals surface area contributed by atoms with Gasteiger partial charge in [0.25, 0.3) is 0 Å². The number of rotatable bonds is 5. The molecule has 26 heavy (non-hydrogen) atoms. The van der Waals surface area contributed by atoms with Gasteiger partial charge in [0.1, 0.15) is 11.3 Å². The van der Waals surface area contributed by atoms with Gasteiger partial charge in [0.2, 0.25) is 5.91 Å². The standard InChI is InChI=1S/C20H20N4O2/c1-13(2)24-20-15(11-22-24)9-16(12-21-20)23-19(25)8-7-17-10-14-5-3-4-6-18(14)26-17/h3-6,9-13H,7-8H2,1-2H3,(H,23,25). The van der Waals surface area contributed by atoms with Crippen molar-refractivity contribution in [2.45, 2.75) is 32.7 Å². The number of carbonyl (C=O) groups excluding carboxylic acids is 1. The van der Waals surface area contributed by atoms with Gasteiger partial charge in [0, 0.05) is 29.7 Å². The van der Waals surface area contributed by atoms with E-state index < -0.39 is 0 Å². The molecule has 0 radical (unpaired) electrons. The zero-order valence-corrected chi connectivity index (χ0v) is 14.8. The number of hydrogen-bond acceptors (Lipinski definition) is 4. The first-order chi connectivity index (χ1) is 12.6. The Kier molecular flexibility index (Phi) is 4.16. The lowest BCUT2D eigenvalue weighted by Crippen LogP contribution is -2.12. The van der Waals surface area contributed by atoms with Crippen LogP contribution in [0.15, 0.2) is 53.2 Å². The lowest BCUT2D eigenvalue weighted by molar-refractivity contribution is -0.116. The van der Waals surface area contributed by atoms with Gasteiger partial charge in [0.05, 0.1) is 18.1 Å². The summed E-state index contributed by atoms with van der Waals surface area (Å²) in [4.78, 5) is 16.7. The maximum absolute atomic E-state index is 12.2. The topological polar surface area (TPSA) is 73.0 Å². The van der Waals surface area contributed by atoms with Gasteiger partial charge in [-0.1, -0.05) is 18.2 Å². The van der Waals surface area contributed by atoms with Crippen LogP contribution >= 0.6 is 0 Å². The third-order valence-electron chi connectivity index (χ3n) is 4.28. The number of hydrogen-bond donors (Lipinski definition) is 1. The fourth-order valence-electron chi connectivity index (χ4n) is 3.01. The van der Waals surface area contributed by atoms with Crippen molar-refractivity contribution in [3.8, 4) is 0 Å². The van der Waals surface area contributed by atoms with Crippen LogP contribution in [0.25, 0.3) is 22.0 Å². The summed E-state index contributed by atoms with van der Waals surface area (Å²) in [6, 6.07) is 12.0. The number of aryl methyl sites for hydroxylation is 1. The van der Waals surface area contributed by atoms with Gasteiger partial charge < -0.3 is 9.73 Å². The molecule has 6 heteroatoms. The third-order valence-corrected chi connectivity index (χ3v) is 4.28. The maximum Gasteiger partial charge on any atom is 0.224 e. The van der Waals surface area contributed by atoms with Crippen molar-refractivity contribution in [3.05, 3.63) is 54.6 Å². The minimum absolute atomic E-state index is 0.0668. The molecular weight excluding hydrogens is 328 g/mol. The largest absolute Gasteiger partial charge is 0.461 e. The van der Waals surface area contributed by atoms with Gasteiger partial charge in [0.15, 0.2) is 5.65 Å². The molecule has 0 fully saturated rings. The number of carbonyl (C=O) groups is 1. The Labute approximate surface area is 150 Å². The van der Waals surface area contributed by atoms with Crippen LogP contribution in [-0.2, 0) is 11.2 Å². The van der Waals surface area contributed by atoms with E-state index in [1.54, 1.807) is 12.4 Å². The second-order valence-electron chi connectivity index (χ2n) is 6.62. The van der Waals surface area contributed by atoms with Crippen LogP contribution in [-0.4, -0.2) is 20.7 Å². The summed E-state index contributed by atoms with van der Waals surface area (Å²) < 4.78 is 7.61. The monoisotopic (exact) mass is 348 g/mol. The number of para-hydroxylation sites is 1. The van der Waals surface area contributed by atoms with E-state index in [-0.39, 0.29) is 11.9 Å². The number of nitrogens with zero attached hydrogens (tertiary/aromatic N) is 3. The highest BCUT2D eigenvalue weighted by molar-refractivity contribution is 5.92. The third kappa shape index (κ3) is 3.18. The molecule has 6 nitrogen and oxygen atoms in total. The van der Waals surface area contributed by atoms with Crippen molar-refractivity contribution >= 4 is 33.6 Å². The Balaban J connectivity index is 1.42. The van der Waals surface area contributed by atoms with E-state index >= 15 is 0 Å². The van der Waals surface area contributed by atoms with E-state index in [9.17, 15) is 4.79 Å². The van der Waals surface area contributed by atoms with E-state index in [1.165, 1.54) is 0 Å². The SMILES string of the molecule is CC(C)n1ncc2cc(NC(=O)CCc3cc4ccccc4o3)cnc21. The fraction of sp³-hybridized carbons (Fsp3) is 0.250. The normalized spacial score (nSPS) is 11.5. The summed E-state index contributed by atoms with van der Waals surface area (Å²) in [6.45, 7) is 4.11. The average Bonchev–Trinajstić information content (AvgIpc) is 3.23. The second-order valence-corrected chi connectivity index (χ2v) is 6.62.